The Labute approximate surface area is 229 Å². The fourth-order valence-electron chi connectivity index (χ4n) is 4.82. The third kappa shape index (κ3) is 8.85. The van der Waals surface area contributed by atoms with Crippen molar-refractivity contribution in [3.05, 3.63) is 84.1 Å². The maximum atomic E-state index is 13.7. The smallest absolute Gasteiger partial charge is 0.237 e. The SMILES string of the molecule is C=CCCC(O)CN(CCCC)CC(=O)N(CCc1c[nH]c2ccccc12)Cc1ccc(C(C)(C)C)cc1. The molecule has 0 bridgehead atoms. The van der Waals surface area contributed by atoms with Crippen LogP contribution in [0.5, 0.6) is 0 Å². The Morgan fingerprint density at radius 2 is 1.84 bits per heavy atom. The standard InChI is InChI=1S/C33H47N3O2/c1-6-8-12-29(37)24-35(20-9-7-2)25-32(38)36(23-26-15-17-28(18-16-26)33(3,4)5)21-19-27-22-34-31-14-11-10-13-30(27)31/h6,10-11,13-18,22,29,34,37H,1,7-9,12,19-21,23-25H2,2-5H3. The average Bonchev–Trinajstić information content (AvgIpc) is 3.31. The molecule has 1 aromatic heterocycles. The van der Waals surface area contributed by atoms with Crippen LogP contribution in [0, 0.1) is 0 Å². The van der Waals surface area contributed by atoms with Gasteiger partial charge in [0.15, 0.2) is 0 Å². The number of aromatic nitrogens is 1. The monoisotopic (exact) mass is 517 g/mol. The molecular formula is C33H47N3O2. The Kier molecular flexibility index (Phi) is 11.2. The van der Waals surface area contributed by atoms with E-state index in [1.165, 1.54) is 16.5 Å². The van der Waals surface area contributed by atoms with Gasteiger partial charge >= 0.3 is 0 Å². The zero-order valence-corrected chi connectivity index (χ0v) is 23.9. The lowest BCUT2D eigenvalue weighted by molar-refractivity contribution is -0.133. The zero-order chi connectivity index (χ0) is 27.5. The highest BCUT2D eigenvalue weighted by atomic mass is 16.3. The number of hydrogen-bond donors (Lipinski definition) is 2. The van der Waals surface area contributed by atoms with Crippen LogP contribution < -0.4 is 0 Å². The summed E-state index contributed by atoms with van der Waals surface area (Å²) >= 11 is 0. The van der Waals surface area contributed by atoms with Gasteiger partial charge in [-0.15, -0.1) is 6.58 Å². The summed E-state index contributed by atoms with van der Waals surface area (Å²) in [5.41, 5.74) is 4.87. The molecule has 206 valence electrons. The number of carbonyl (C=O) groups is 1. The topological polar surface area (TPSA) is 59.6 Å². The normalized spacial score (nSPS) is 12.7. The summed E-state index contributed by atoms with van der Waals surface area (Å²) in [5, 5.41) is 11.8. The summed E-state index contributed by atoms with van der Waals surface area (Å²) in [5.74, 6) is 0.108. The Hall–Kier alpha value is -2.89. The molecule has 1 unspecified atom stereocenters. The van der Waals surface area contributed by atoms with E-state index in [1.54, 1.807) is 0 Å². The lowest BCUT2D eigenvalue weighted by Gasteiger charge is -2.29. The second kappa shape index (κ2) is 14.3. The van der Waals surface area contributed by atoms with Crippen LogP contribution in [-0.4, -0.2) is 58.1 Å². The van der Waals surface area contributed by atoms with E-state index in [1.807, 2.05) is 17.0 Å². The number of rotatable bonds is 15. The summed E-state index contributed by atoms with van der Waals surface area (Å²) in [6.07, 6.45) is 7.73. The van der Waals surface area contributed by atoms with Gasteiger partial charge in [0.25, 0.3) is 0 Å². The minimum atomic E-state index is -0.456. The number of unbranched alkanes of at least 4 members (excludes halogenated alkanes) is 1. The van der Waals surface area contributed by atoms with Gasteiger partial charge in [-0.1, -0.05) is 82.7 Å². The molecule has 0 aliphatic heterocycles. The molecule has 1 amide bonds. The van der Waals surface area contributed by atoms with Crippen molar-refractivity contribution in [3.8, 4) is 0 Å². The van der Waals surface area contributed by atoms with Crippen molar-refractivity contribution in [2.75, 3.05) is 26.2 Å². The number of nitrogens with zero attached hydrogens (tertiary/aromatic N) is 2. The van der Waals surface area contributed by atoms with Crippen LogP contribution >= 0.6 is 0 Å². The largest absolute Gasteiger partial charge is 0.392 e. The molecule has 0 fully saturated rings. The third-order valence-corrected chi connectivity index (χ3v) is 7.23. The minimum Gasteiger partial charge on any atom is -0.392 e. The minimum absolute atomic E-state index is 0.0928. The number of aliphatic hydroxyl groups is 1. The van der Waals surface area contributed by atoms with Gasteiger partial charge in [0, 0.05) is 36.7 Å². The number of para-hydroxylation sites is 1. The van der Waals surface area contributed by atoms with E-state index in [0.717, 1.165) is 43.3 Å². The maximum Gasteiger partial charge on any atom is 0.237 e. The van der Waals surface area contributed by atoms with Gasteiger partial charge < -0.3 is 15.0 Å². The number of H-pyrrole nitrogens is 1. The molecule has 0 aliphatic rings. The van der Waals surface area contributed by atoms with Crippen molar-refractivity contribution >= 4 is 16.8 Å². The van der Waals surface area contributed by atoms with E-state index in [2.05, 4.69) is 92.8 Å². The van der Waals surface area contributed by atoms with Crippen LogP contribution in [0.1, 0.15) is 70.1 Å². The quantitative estimate of drug-likeness (QED) is 0.227. The van der Waals surface area contributed by atoms with Crippen molar-refractivity contribution in [2.24, 2.45) is 0 Å². The molecule has 5 heteroatoms. The molecule has 2 aromatic carbocycles. The highest BCUT2D eigenvalue weighted by Gasteiger charge is 2.21. The summed E-state index contributed by atoms with van der Waals surface area (Å²) in [7, 11) is 0. The highest BCUT2D eigenvalue weighted by Crippen LogP contribution is 2.23. The van der Waals surface area contributed by atoms with Gasteiger partial charge in [0.1, 0.15) is 0 Å². The lowest BCUT2D eigenvalue weighted by atomic mass is 9.87. The number of aromatic amines is 1. The number of carbonyl (C=O) groups excluding carboxylic acids is 1. The molecule has 0 radical (unpaired) electrons. The van der Waals surface area contributed by atoms with Gasteiger partial charge in [-0.05, 0) is 60.4 Å². The molecule has 3 aromatic rings. The number of allylic oxidation sites excluding steroid dienone is 1. The van der Waals surface area contributed by atoms with Gasteiger partial charge in [0.2, 0.25) is 5.91 Å². The molecule has 3 rings (SSSR count). The first-order valence-corrected chi connectivity index (χ1v) is 14.1. The zero-order valence-electron chi connectivity index (χ0n) is 23.9. The van der Waals surface area contributed by atoms with Crippen molar-refractivity contribution < 1.29 is 9.90 Å². The van der Waals surface area contributed by atoms with Crippen LogP contribution in [0.3, 0.4) is 0 Å². The lowest BCUT2D eigenvalue weighted by Crippen LogP contribution is -2.43. The number of aliphatic hydroxyl groups excluding tert-OH is 1. The van der Waals surface area contributed by atoms with Gasteiger partial charge in [-0.25, -0.2) is 0 Å². The Morgan fingerprint density at radius 1 is 1.11 bits per heavy atom. The Bertz CT molecular complexity index is 1140. The molecule has 5 nitrogen and oxygen atoms in total. The van der Waals surface area contributed by atoms with Gasteiger partial charge in [-0.2, -0.15) is 0 Å². The van der Waals surface area contributed by atoms with E-state index in [4.69, 9.17) is 0 Å². The molecule has 2 N–H and O–H groups in total. The van der Waals surface area contributed by atoms with Gasteiger partial charge in [0.05, 0.1) is 12.6 Å². The predicted octanol–water partition coefficient (Wildman–Crippen LogP) is 6.47. The summed E-state index contributed by atoms with van der Waals surface area (Å²) in [6, 6.07) is 17.0. The molecule has 1 heterocycles. The number of nitrogens with one attached hydrogen (secondary N) is 1. The van der Waals surface area contributed by atoms with E-state index in [0.29, 0.717) is 32.6 Å². The first-order valence-electron chi connectivity index (χ1n) is 14.1. The fraction of sp³-hybridized carbons (Fsp3) is 0.485. The Balaban J connectivity index is 1.76. The first-order chi connectivity index (χ1) is 18.2. The average molecular weight is 518 g/mol. The molecule has 38 heavy (non-hydrogen) atoms. The molecule has 0 saturated heterocycles. The van der Waals surface area contributed by atoms with E-state index in [-0.39, 0.29) is 11.3 Å². The van der Waals surface area contributed by atoms with Crippen LogP contribution in [0.2, 0.25) is 0 Å². The molecule has 1 atom stereocenters. The van der Waals surface area contributed by atoms with Crippen molar-refractivity contribution in [2.45, 2.75) is 77.9 Å². The van der Waals surface area contributed by atoms with E-state index < -0.39 is 6.10 Å². The van der Waals surface area contributed by atoms with E-state index >= 15 is 0 Å². The highest BCUT2D eigenvalue weighted by molar-refractivity contribution is 5.83. The molecule has 0 saturated carbocycles. The van der Waals surface area contributed by atoms with Crippen molar-refractivity contribution in [1.29, 1.82) is 0 Å². The predicted molar refractivity (Wildman–Crippen MR) is 159 cm³/mol. The Morgan fingerprint density at radius 3 is 2.53 bits per heavy atom. The van der Waals surface area contributed by atoms with Crippen molar-refractivity contribution in [1.82, 2.24) is 14.8 Å². The first kappa shape index (κ1) is 29.7. The number of hydrogen-bond acceptors (Lipinski definition) is 3. The second-order valence-electron chi connectivity index (χ2n) is 11.5. The summed E-state index contributed by atoms with van der Waals surface area (Å²) in [4.78, 5) is 21.2. The van der Waals surface area contributed by atoms with Crippen LogP contribution in [-0.2, 0) is 23.2 Å². The fourth-order valence-corrected chi connectivity index (χ4v) is 4.82. The number of benzene rings is 2. The molecule has 0 spiro atoms. The molecular weight excluding hydrogens is 470 g/mol. The van der Waals surface area contributed by atoms with Crippen LogP contribution in [0.25, 0.3) is 10.9 Å². The third-order valence-electron chi connectivity index (χ3n) is 7.23. The van der Waals surface area contributed by atoms with Crippen LogP contribution in [0.15, 0.2) is 67.4 Å². The van der Waals surface area contributed by atoms with Crippen molar-refractivity contribution in [3.63, 3.8) is 0 Å². The summed E-state index contributed by atoms with van der Waals surface area (Å²) in [6.45, 7) is 15.4. The number of fused-ring (bicyclic) bond motifs is 1. The van der Waals surface area contributed by atoms with Gasteiger partial charge in [-0.3, -0.25) is 9.69 Å². The number of amides is 1. The second-order valence-corrected chi connectivity index (χ2v) is 11.5. The van der Waals surface area contributed by atoms with E-state index in [9.17, 15) is 9.90 Å². The van der Waals surface area contributed by atoms with Crippen LogP contribution in [0.4, 0.5) is 0 Å². The summed E-state index contributed by atoms with van der Waals surface area (Å²) < 4.78 is 0. The maximum absolute atomic E-state index is 13.7. The molecule has 0 aliphatic carbocycles.